The fraction of sp³-hybridized carbons (Fsp3) is 0.500. The van der Waals surface area contributed by atoms with Gasteiger partial charge >= 0.3 is 6.09 Å². The number of carbonyl (C=O) groups is 2. The zero-order chi connectivity index (χ0) is 30.0. The van der Waals surface area contributed by atoms with Crippen molar-refractivity contribution in [1.29, 1.82) is 5.26 Å². The van der Waals surface area contributed by atoms with Crippen molar-refractivity contribution in [2.75, 3.05) is 37.9 Å². The van der Waals surface area contributed by atoms with E-state index in [9.17, 15) is 9.59 Å². The van der Waals surface area contributed by atoms with Gasteiger partial charge in [0.25, 0.3) is 0 Å². The first kappa shape index (κ1) is 31.2. The highest BCUT2D eigenvalue weighted by Gasteiger charge is 2.33. The molecule has 41 heavy (non-hydrogen) atoms. The second kappa shape index (κ2) is 14.3. The van der Waals surface area contributed by atoms with Crippen LogP contribution in [0.2, 0.25) is 0 Å². The Bertz CT molecular complexity index is 1300. The average Bonchev–Trinajstić information content (AvgIpc) is 2.91. The van der Waals surface area contributed by atoms with Crippen molar-refractivity contribution in [1.82, 2.24) is 20.2 Å². The van der Waals surface area contributed by atoms with Crippen molar-refractivity contribution in [3.8, 4) is 17.9 Å². The quantitative estimate of drug-likeness (QED) is 0.289. The van der Waals surface area contributed by atoms with Crippen LogP contribution in [-0.4, -0.2) is 71.9 Å². The molecule has 1 aliphatic carbocycles. The van der Waals surface area contributed by atoms with Crippen LogP contribution in [0.25, 0.3) is 0 Å². The highest BCUT2D eigenvalue weighted by molar-refractivity contribution is 5.85. The van der Waals surface area contributed by atoms with E-state index in [1.807, 2.05) is 0 Å². The third-order valence-corrected chi connectivity index (χ3v) is 6.41. The van der Waals surface area contributed by atoms with Crippen LogP contribution < -0.4 is 16.0 Å². The lowest BCUT2D eigenvalue weighted by atomic mass is 9.80. The predicted molar refractivity (Wildman–Crippen MR) is 156 cm³/mol. The van der Waals surface area contributed by atoms with Crippen molar-refractivity contribution in [2.24, 2.45) is 5.92 Å². The molecule has 1 atom stereocenters. The van der Waals surface area contributed by atoms with E-state index in [0.717, 1.165) is 24.9 Å². The Morgan fingerprint density at radius 3 is 2.56 bits per heavy atom. The molecule has 11 heteroatoms. The summed E-state index contributed by atoms with van der Waals surface area (Å²) in [6.07, 6.45) is 3.38. The minimum Gasteiger partial charge on any atom is -0.444 e. The van der Waals surface area contributed by atoms with Gasteiger partial charge in [0.2, 0.25) is 11.9 Å². The molecule has 218 valence electrons. The second-order valence-electron chi connectivity index (χ2n) is 11.0. The summed E-state index contributed by atoms with van der Waals surface area (Å²) in [7, 11) is 3.22. The van der Waals surface area contributed by atoms with Crippen LogP contribution in [-0.2, 0) is 14.3 Å². The Morgan fingerprint density at radius 1 is 1.22 bits per heavy atom. The summed E-state index contributed by atoms with van der Waals surface area (Å²) in [5.74, 6) is 7.39. The van der Waals surface area contributed by atoms with Crippen LogP contribution in [0.5, 0.6) is 0 Å². The first-order valence-corrected chi connectivity index (χ1v) is 13.6. The molecular weight excluding hydrogens is 522 g/mol. The van der Waals surface area contributed by atoms with Crippen molar-refractivity contribution < 1.29 is 19.1 Å². The first-order chi connectivity index (χ1) is 19.5. The van der Waals surface area contributed by atoms with E-state index in [4.69, 9.17) is 14.7 Å². The molecule has 11 nitrogen and oxygen atoms in total. The van der Waals surface area contributed by atoms with E-state index in [1.54, 1.807) is 72.3 Å². The zero-order valence-electron chi connectivity index (χ0n) is 24.6. The van der Waals surface area contributed by atoms with Crippen molar-refractivity contribution in [3.05, 3.63) is 41.6 Å². The Labute approximate surface area is 242 Å². The fourth-order valence-electron chi connectivity index (χ4n) is 3.87. The third kappa shape index (κ3) is 9.66. The molecule has 1 aliphatic rings. The summed E-state index contributed by atoms with van der Waals surface area (Å²) >= 11 is 0. The van der Waals surface area contributed by atoms with Crippen LogP contribution in [0.15, 0.2) is 30.5 Å². The average molecular weight is 562 g/mol. The Morgan fingerprint density at radius 2 is 1.93 bits per heavy atom. The molecule has 1 saturated carbocycles. The summed E-state index contributed by atoms with van der Waals surface area (Å²) in [6.45, 7) is 8.31. The van der Waals surface area contributed by atoms with Gasteiger partial charge in [0.05, 0.1) is 23.4 Å². The molecule has 0 aliphatic heterocycles. The number of rotatable bonds is 10. The lowest BCUT2D eigenvalue weighted by Gasteiger charge is -2.34. The normalized spacial score (nSPS) is 16.6. The number of carbonyl (C=O) groups excluding carboxylic acids is 2. The van der Waals surface area contributed by atoms with Gasteiger partial charge in [0.1, 0.15) is 17.5 Å². The highest BCUT2D eigenvalue weighted by atomic mass is 16.6. The summed E-state index contributed by atoms with van der Waals surface area (Å²) in [4.78, 5) is 35.3. The predicted octanol–water partition coefficient (Wildman–Crippen LogP) is 4.04. The topological polar surface area (TPSA) is 142 Å². The molecular formula is C30H39N7O4. The van der Waals surface area contributed by atoms with E-state index in [-0.39, 0.29) is 17.9 Å². The number of methoxy groups -OCH3 is 1. The standard InChI is InChI=1S/C30H39N7O4/c1-20(37(5)29(39)41-30(2,3)4)27(38)34-25-16-22(17-25)8-11-23-19-33-28(36-26(23)32-14-7-15-40-6)35-24-12-9-21(18-31)10-13-24/h9-10,12-13,19-20,22,25H,7,14-17H2,1-6H3,(H,34,38)(H2,32,33,35,36)/t20-,22-,25+/m0/s1. The SMILES string of the molecule is COCCCNc1nc(Nc2ccc(C#N)cc2)ncc1C#C[C@H]1C[C@@H](NC(=O)[C@H](C)N(C)C(=O)OC(C)(C)C)C1. The molecule has 1 aromatic carbocycles. The maximum atomic E-state index is 12.7. The van der Waals surface area contributed by atoms with Crippen LogP contribution in [0, 0.1) is 29.1 Å². The number of nitriles is 1. The van der Waals surface area contributed by atoms with Gasteiger partial charge in [-0.05, 0) is 71.2 Å². The zero-order valence-corrected chi connectivity index (χ0v) is 24.6. The molecule has 0 saturated heterocycles. The lowest BCUT2D eigenvalue weighted by molar-refractivity contribution is -0.126. The second-order valence-corrected chi connectivity index (χ2v) is 11.0. The van der Waals surface area contributed by atoms with Crippen LogP contribution >= 0.6 is 0 Å². The number of benzene rings is 1. The van der Waals surface area contributed by atoms with Gasteiger partial charge < -0.3 is 25.4 Å². The molecule has 2 amide bonds. The minimum absolute atomic E-state index is 0.00169. The highest BCUT2D eigenvalue weighted by Crippen LogP contribution is 2.27. The van der Waals surface area contributed by atoms with E-state index in [2.05, 4.69) is 43.8 Å². The molecule has 0 radical (unpaired) electrons. The number of hydrogen-bond acceptors (Lipinski definition) is 9. The van der Waals surface area contributed by atoms with Gasteiger partial charge in [-0.15, -0.1) is 0 Å². The van der Waals surface area contributed by atoms with E-state index in [0.29, 0.717) is 36.0 Å². The van der Waals surface area contributed by atoms with Crippen LogP contribution in [0.3, 0.4) is 0 Å². The van der Waals surface area contributed by atoms with E-state index < -0.39 is 17.7 Å². The summed E-state index contributed by atoms with van der Waals surface area (Å²) in [6, 6.07) is 8.48. The Kier molecular flexibility index (Phi) is 10.9. The Hall–Kier alpha value is -4.35. The van der Waals surface area contributed by atoms with Gasteiger partial charge in [0, 0.05) is 45.0 Å². The number of hydrogen-bond donors (Lipinski definition) is 3. The number of nitrogens with one attached hydrogen (secondary N) is 3. The third-order valence-electron chi connectivity index (χ3n) is 6.41. The molecule has 0 spiro atoms. The van der Waals surface area contributed by atoms with Crippen molar-refractivity contribution in [2.45, 2.75) is 64.6 Å². The van der Waals surface area contributed by atoms with Crippen LogP contribution in [0.1, 0.15) is 58.1 Å². The molecule has 0 unspecified atom stereocenters. The first-order valence-electron chi connectivity index (χ1n) is 13.6. The summed E-state index contributed by atoms with van der Waals surface area (Å²) in [5, 5.41) is 18.5. The number of likely N-dealkylation sites (N-methyl/N-ethyl adjacent to an activating group) is 1. The van der Waals surface area contributed by atoms with Gasteiger partial charge in [-0.2, -0.15) is 10.2 Å². The molecule has 3 N–H and O–H groups in total. The molecule has 1 aromatic heterocycles. The molecule has 0 bridgehead atoms. The monoisotopic (exact) mass is 561 g/mol. The van der Waals surface area contributed by atoms with Crippen molar-refractivity contribution >= 4 is 29.5 Å². The number of amides is 2. The van der Waals surface area contributed by atoms with E-state index >= 15 is 0 Å². The van der Waals surface area contributed by atoms with E-state index in [1.165, 1.54) is 4.90 Å². The number of ether oxygens (including phenoxy) is 2. The van der Waals surface area contributed by atoms with Gasteiger partial charge in [-0.1, -0.05) is 11.8 Å². The lowest BCUT2D eigenvalue weighted by Crippen LogP contribution is -2.52. The minimum atomic E-state index is -0.657. The number of nitrogens with zero attached hydrogens (tertiary/aromatic N) is 4. The molecule has 1 heterocycles. The summed E-state index contributed by atoms with van der Waals surface area (Å²) in [5.41, 5.74) is 1.38. The number of aromatic nitrogens is 2. The smallest absolute Gasteiger partial charge is 0.410 e. The van der Waals surface area contributed by atoms with Gasteiger partial charge in [-0.3, -0.25) is 9.69 Å². The van der Waals surface area contributed by atoms with Crippen LogP contribution in [0.4, 0.5) is 22.2 Å². The largest absolute Gasteiger partial charge is 0.444 e. The van der Waals surface area contributed by atoms with Gasteiger partial charge in [-0.25, -0.2) is 9.78 Å². The number of anilines is 3. The maximum Gasteiger partial charge on any atom is 0.410 e. The maximum absolute atomic E-state index is 12.7. The molecule has 3 rings (SSSR count). The Balaban J connectivity index is 1.59. The fourth-order valence-corrected chi connectivity index (χ4v) is 3.87. The van der Waals surface area contributed by atoms with Crippen molar-refractivity contribution in [3.63, 3.8) is 0 Å². The molecule has 1 fully saturated rings. The van der Waals surface area contributed by atoms with Gasteiger partial charge in [0.15, 0.2) is 0 Å². The summed E-state index contributed by atoms with van der Waals surface area (Å²) < 4.78 is 10.5. The molecule has 2 aromatic rings.